The molecule has 0 fully saturated rings. The molecule has 0 saturated carbocycles. The minimum Gasteiger partial charge on any atom is -0.359 e. The van der Waals surface area contributed by atoms with Crippen LogP contribution < -0.4 is 5.32 Å². The van der Waals surface area contributed by atoms with E-state index in [4.69, 9.17) is 0 Å². The van der Waals surface area contributed by atoms with Gasteiger partial charge in [0.25, 0.3) is 5.91 Å². The number of carbonyl (C=O) groups is 1. The van der Waals surface area contributed by atoms with Crippen LogP contribution in [0.25, 0.3) is 11.6 Å². The van der Waals surface area contributed by atoms with Crippen molar-refractivity contribution in [1.82, 2.24) is 4.98 Å². The van der Waals surface area contributed by atoms with Gasteiger partial charge in [0.15, 0.2) is 0 Å². The van der Waals surface area contributed by atoms with Crippen molar-refractivity contribution in [2.24, 2.45) is 0 Å². The Labute approximate surface area is 131 Å². The summed E-state index contributed by atoms with van der Waals surface area (Å²) in [6.07, 6.45) is 6.73. The van der Waals surface area contributed by atoms with Crippen LogP contribution in [0.5, 0.6) is 0 Å². The first-order chi connectivity index (χ1) is 10.2. The van der Waals surface area contributed by atoms with Gasteiger partial charge in [-0.25, -0.2) is 0 Å². The molecule has 0 saturated heterocycles. The number of benzene rings is 1. The molecule has 0 radical (unpaired) electrons. The Morgan fingerprint density at radius 3 is 2.90 bits per heavy atom. The average Bonchev–Trinajstić information content (AvgIpc) is 3.01. The summed E-state index contributed by atoms with van der Waals surface area (Å²) >= 11 is 3.54. The molecule has 2 N–H and O–H groups in total. The van der Waals surface area contributed by atoms with Crippen molar-refractivity contribution in [1.29, 1.82) is 0 Å². The van der Waals surface area contributed by atoms with Crippen LogP contribution in [0.3, 0.4) is 0 Å². The number of aryl methyl sites for hydroxylation is 2. The zero-order valence-corrected chi connectivity index (χ0v) is 13.1. The van der Waals surface area contributed by atoms with Crippen LogP contribution in [0.15, 0.2) is 28.7 Å². The van der Waals surface area contributed by atoms with Gasteiger partial charge in [-0.2, -0.15) is 0 Å². The number of anilines is 1. The van der Waals surface area contributed by atoms with Crippen LogP contribution in [0.2, 0.25) is 0 Å². The summed E-state index contributed by atoms with van der Waals surface area (Å²) in [7, 11) is 0. The fourth-order valence-electron chi connectivity index (χ4n) is 3.20. The van der Waals surface area contributed by atoms with E-state index in [9.17, 15) is 4.79 Å². The Kier molecular flexibility index (Phi) is 3.00. The molecule has 0 atom stereocenters. The normalized spacial score (nSPS) is 18.5. The van der Waals surface area contributed by atoms with E-state index in [0.29, 0.717) is 0 Å². The smallest absolute Gasteiger partial charge is 0.256 e. The van der Waals surface area contributed by atoms with Gasteiger partial charge in [-0.3, -0.25) is 4.79 Å². The summed E-state index contributed by atoms with van der Waals surface area (Å²) in [5.41, 5.74) is 6.30. The molecular formula is C17H15BrN2O. The predicted octanol–water partition coefficient (Wildman–Crippen LogP) is 4.15. The van der Waals surface area contributed by atoms with Gasteiger partial charge in [-0.15, -0.1) is 0 Å². The third kappa shape index (κ3) is 2.14. The van der Waals surface area contributed by atoms with Crippen molar-refractivity contribution in [2.75, 3.05) is 5.32 Å². The maximum Gasteiger partial charge on any atom is 0.256 e. The minimum absolute atomic E-state index is 0.0375. The number of aromatic amines is 1. The molecule has 1 amide bonds. The number of fused-ring (bicyclic) bond motifs is 2. The zero-order chi connectivity index (χ0) is 14.4. The molecule has 21 heavy (non-hydrogen) atoms. The van der Waals surface area contributed by atoms with Gasteiger partial charge in [0.1, 0.15) is 0 Å². The van der Waals surface area contributed by atoms with Crippen molar-refractivity contribution >= 4 is 39.2 Å². The number of amides is 1. The third-order valence-electron chi connectivity index (χ3n) is 4.21. The van der Waals surface area contributed by atoms with Gasteiger partial charge >= 0.3 is 0 Å². The first-order valence-corrected chi connectivity index (χ1v) is 8.04. The molecule has 0 unspecified atom stereocenters. The Bertz CT molecular complexity index is 750. The molecule has 0 spiro atoms. The monoisotopic (exact) mass is 342 g/mol. The van der Waals surface area contributed by atoms with Crippen LogP contribution in [-0.2, 0) is 17.6 Å². The van der Waals surface area contributed by atoms with Crippen LogP contribution in [0.1, 0.15) is 35.4 Å². The Morgan fingerprint density at radius 1 is 1.19 bits per heavy atom. The van der Waals surface area contributed by atoms with E-state index < -0.39 is 0 Å². The molecule has 1 aliphatic carbocycles. The van der Waals surface area contributed by atoms with E-state index in [0.717, 1.165) is 39.8 Å². The number of aromatic nitrogens is 1. The summed E-state index contributed by atoms with van der Waals surface area (Å²) in [6.45, 7) is 0. The summed E-state index contributed by atoms with van der Waals surface area (Å²) in [4.78, 5) is 15.7. The molecule has 2 aromatic rings. The lowest BCUT2D eigenvalue weighted by atomic mass is 9.98. The second kappa shape index (κ2) is 4.88. The zero-order valence-electron chi connectivity index (χ0n) is 11.5. The van der Waals surface area contributed by atoms with Gasteiger partial charge in [0, 0.05) is 21.4 Å². The van der Waals surface area contributed by atoms with Crippen molar-refractivity contribution in [3.8, 4) is 0 Å². The predicted molar refractivity (Wildman–Crippen MR) is 88.1 cm³/mol. The molecule has 106 valence electrons. The molecule has 1 aliphatic heterocycles. The van der Waals surface area contributed by atoms with Crippen LogP contribution in [0.4, 0.5) is 5.69 Å². The highest BCUT2D eigenvalue weighted by molar-refractivity contribution is 9.10. The van der Waals surface area contributed by atoms with E-state index in [1.54, 1.807) is 0 Å². The lowest BCUT2D eigenvalue weighted by Gasteiger charge is -2.08. The second-order valence-electron chi connectivity index (χ2n) is 5.61. The maximum absolute atomic E-state index is 12.2. The summed E-state index contributed by atoms with van der Waals surface area (Å²) in [5.74, 6) is -0.0375. The number of rotatable bonds is 1. The molecule has 3 nitrogen and oxygen atoms in total. The average molecular weight is 343 g/mol. The minimum atomic E-state index is -0.0375. The molecule has 4 heteroatoms. The largest absolute Gasteiger partial charge is 0.359 e. The second-order valence-corrected chi connectivity index (χ2v) is 6.46. The number of halogens is 1. The topological polar surface area (TPSA) is 44.9 Å². The number of hydrogen-bond acceptors (Lipinski definition) is 1. The highest BCUT2D eigenvalue weighted by Gasteiger charge is 2.26. The van der Waals surface area contributed by atoms with E-state index >= 15 is 0 Å². The molecule has 2 aliphatic rings. The van der Waals surface area contributed by atoms with E-state index in [1.807, 2.05) is 24.3 Å². The Balaban J connectivity index is 1.80. The van der Waals surface area contributed by atoms with Crippen molar-refractivity contribution in [2.45, 2.75) is 25.7 Å². The maximum atomic E-state index is 12.2. The molecule has 1 aromatic carbocycles. The quantitative estimate of drug-likeness (QED) is 0.751. The van der Waals surface area contributed by atoms with Crippen molar-refractivity contribution in [3.05, 3.63) is 51.3 Å². The lowest BCUT2D eigenvalue weighted by Crippen LogP contribution is -2.03. The number of H-pyrrole nitrogens is 1. The fourth-order valence-corrected chi connectivity index (χ4v) is 3.78. The van der Waals surface area contributed by atoms with Gasteiger partial charge < -0.3 is 10.3 Å². The highest BCUT2D eigenvalue weighted by Crippen LogP contribution is 2.38. The number of hydrogen-bond donors (Lipinski definition) is 2. The van der Waals surface area contributed by atoms with Crippen LogP contribution in [-0.4, -0.2) is 10.9 Å². The molecule has 1 aromatic heterocycles. The van der Waals surface area contributed by atoms with Crippen molar-refractivity contribution in [3.63, 3.8) is 0 Å². The first-order valence-electron chi connectivity index (χ1n) is 7.25. The number of carbonyl (C=O) groups excluding carboxylic acids is 1. The van der Waals surface area contributed by atoms with E-state index in [2.05, 4.69) is 32.3 Å². The summed E-state index contributed by atoms with van der Waals surface area (Å²) in [5, 5.41) is 2.92. The molecular weight excluding hydrogens is 328 g/mol. The van der Waals surface area contributed by atoms with Gasteiger partial charge in [-0.05, 0) is 55.5 Å². The van der Waals surface area contributed by atoms with Gasteiger partial charge in [0.2, 0.25) is 0 Å². The standard InChI is InChI=1S/C17H15BrN2O/c18-13-5-3-7-15-16(13)12(17(21)20-15)9-11-8-10-4-1-2-6-14(10)19-11/h3,5,7-9,19H,1-2,4,6H2,(H,20,21)/b12-9-. The molecule has 0 bridgehead atoms. The van der Waals surface area contributed by atoms with Gasteiger partial charge in [-0.1, -0.05) is 22.0 Å². The lowest BCUT2D eigenvalue weighted by molar-refractivity contribution is -0.110. The van der Waals surface area contributed by atoms with Crippen LogP contribution in [0, 0.1) is 0 Å². The van der Waals surface area contributed by atoms with Gasteiger partial charge in [0.05, 0.1) is 11.3 Å². The molecule has 4 rings (SSSR count). The number of nitrogens with one attached hydrogen (secondary N) is 2. The van der Waals surface area contributed by atoms with E-state index in [1.165, 1.54) is 24.1 Å². The fraction of sp³-hybridized carbons (Fsp3) is 0.235. The molecule has 2 heterocycles. The summed E-state index contributed by atoms with van der Waals surface area (Å²) < 4.78 is 0.945. The third-order valence-corrected chi connectivity index (χ3v) is 4.87. The van der Waals surface area contributed by atoms with Crippen LogP contribution >= 0.6 is 15.9 Å². The Morgan fingerprint density at radius 2 is 2.05 bits per heavy atom. The highest BCUT2D eigenvalue weighted by atomic mass is 79.9. The Hall–Kier alpha value is -1.81. The first kappa shape index (κ1) is 12.9. The SMILES string of the molecule is O=C1Nc2cccc(Br)c2/C1=C/c1cc2c([nH]1)CCCC2. The van der Waals surface area contributed by atoms with E-state index in [-0.39, 0.29) is 5.91 Å². The summed E-state index contributed by atoms with van der Waals surface area (Å²) in [6, 6.07) is 8.01. The van der Waals surface area contributed by atoms with Crippen molar-refractivity contribution < 1.29 is 4.79 Å².